The van der Waals surface area contributed by atoms with Crippen LogP contribution in [0.15, 0.2) is 12.1 Å². The molecule has 2 nitrogen and oxygen atoms in total. The lowest BCUT2D eigenvalue weighted by Gasteiger charge is -2.34. The van der Waals surface area contributed by atoms with Gasteiger partial charge in [-0.05, 0) is 18.6 Å². The number of carbonyl (C=O) groups is 1. The molecule has 0 unspecified atom stereocenters. The normalized spacial score (nSPS) is 15.1. The van der Waals surface area contributed by atoms with Crippen LogP contribution in [0.3, 0.4) is 0 Å². The zero-order valence-corrected chi connectivity index (χ0v) is 7.46. The van der Waals surface area contributed by atoms with Crippen molar-refractivity contribution in [2.45, 2.75) is 6.42 Å². The van der Waals surface area contributed by atoms with Gasteiger partial charge in [0.2, 0.25) is 0 Å². The molecular weight excluding hydrogens is 188 g/mol. The molecule has 1 aromatic carbocycles. The Morgan fingerprint density at radius 1 is 1.29 bits per heavy atom. The molecule has 1 aliphatic rings. The van der Waals surface area contributed by atoms with E-state index >= 15 is 0 Å². The lowest BCUT2D eigenvalue weighted by atomic mass is 10.1. The number of benzene rings is 1. The zero-order chi connectivity index (χ0) is 10.1. The number of halogens is 2. The fourth-order valence-corrected chi connectivity index (χ4v) is 1.51. The van der Waals surface area contributed by atoms with E-state index < -0.39 is 11.6 Å². The molecule has 0 radical (unpaired) electrons. The van der Waals surface area contributed by atoms with Crippen molar-refractivity contribution in [2.75, 3.05) is 18.0 Å². The zero-order valence-electron chi connectivity index (χ0n) is 7.46. The van der Waals surface area contributed by atoms with Gasteiger partial charge >= 0.3 is 0 Å². The number of hydrogen-bond donors (Lipinski definition) is 0. The molecule has 0 spiro atoms. The maximum absolute atomic E-state index is 13.3. The third-order valence-electron chi connectivity index (χ3n) is 2.40. The molecule has 4 heteroatoms. The highest BCUT2D eigenvalue weighted by Crippen LogP contribution is 2.28. The van der Waals surface area contributed by atoms with Crippen molar-refractivity contribution in [3.63, 3.8) is 0 Å². The molecule has 1 fully saturated rings. The summed E-state index contributed by atoms with van der Waals surface area (Å²) in [7, 11) is 0. The molecule has 1 heterocycles. The van der Waals surface area contributed by atoms with Crippen molar-refractivity contribution >= 4 is 12.0 Å². The summed E-state index contributed by atoms with van der Waals surface area (Å²) in [4.78, 5) is 12.3. The summed E-state index contributed by atoms with van der Waals surface area (Å²) in [5.41, 5.74) is 0.315. The summed E-state index contributed by atoms with van der Waals surface area (Å²) in [6.07, 6.45) is 1.50. The van der Waals surface area contributed by atoms with E-state index in [0.717, 1.165) is 12.5 Å². The van der Waals surface area contributed by atoms with E-state index in [2.05, 4.69) is 0 Å². The Morgan fingerprint density at radius 3 is 2.50 bits per heavy atom. The summed E-state index contributed by atoms with van der Waals surface area (Å²) in [5.74, 6) is -1.83. The Hall–Kier alpha value is -1.45. The van der Waals surface area contributed by atoms with Crippen LogP contribution in [0.5, 0.6) is 0 Å². The van der Waals surface area contributed by atoms with Gasteiger partial charge in [0.05, 0.1) is 5.69 Å². The Balaban J connectivity index is 2.51. The minimum Gasteiger partial charge on any atom is -0.368 e. The largest absolute Gasteiger partial charge is 0.368 e. The third kappa shape index (κ3) is 1.27. The first-order chi connectivity index (χ1) is 6.74. The highest BCUT2D eigenvalue weighted by molar-refractivity contribution is 5.85. The maximum Gasteiger partial charge on any atom is 0.182 e. The van der Waals surface area contributed by atoms with E-state index in [9.17, 15) is 13.6 Å². The topological polar surface area (TPSA) is 20.3 Å². The van der Waals surface area contributed by atoms with Gasteiger partial charge in [-0.3, -0.25) is 4.79 Å². The van der Waals surface area contributed by atoms with Gasteiger partial charge in [-0.25, -0.2) is 8.78 Å². The smallest absolute Gasteiger partial charge is 0.182 e. The van der Waals surface area contributed by atoms with Crippen LogP contribution in [0.4, 0.5) is 14.5 Å². The van der Waals surface area contributed by atoms with Crippen molar-refractivity contribution in [3.05, 3.63) is 29.3 Å². The van der Waals surface area contributed by atoms with Crippen molar-refractivity contribution in [3.8, 4) is 0 Å². The van der Waals surface area contributed by atoms with Crippen LogP contribution in [0.1, 0.15) is 16.8 Å². The lowest BCUT2D eigenvalue weighted by molar-refractivity contribution is 0.112. The van der Waals surface area contributed by atoms with Gasteiger partial charge in [0.15, 0.2) is 17.9 Å². The number of carbonyl (C=O) groups excluding carboxylic acids is 1. The summed E-state index contributed by atoms with van der Waals surface area (Å²) in [5, 5.41) is 0. The molecule has 0 N–H and O–H groups in total. The number of nitrogens with zero attached hydrogens (tertiary/aromatic N) is 1. The van der Waals surface area contributed by atoms with E-state index in [1.54, 1.807) is 4.90 Å². The Bertz CT molecular complexity index is 375. The summed E-state index contributed by atoms with van der Waals surface area (Å²) >= 11 is 0. The van der Waals surface area contributed by atoms with Crippen molar-refractivity contribution in [2.24, 2.45) is 0 Å². The summed E-state index contributed by atoms with van der Waals surface area (Å²) in [6, 6.07) is 2.28. The highest BCUT2D eigenvalue weighted by atomic mass is 19.2. The number of hydrogen-bond acceptors (Lipinski definition) is 2. The molecule has 1 aromatic rings. The molecule has 1 aliphatic heterocycles. The van der Waals surface area contributed by atoms with Gasteiger partial charge in [-0.2, -0.15) is 0 Å². The number of aldehydes is 1. The molecule has 0 aliphatic carbocycles. The van der Waals surface area contributed by atoms with Crippen LogP contribution in [0, 0.1) is 11.6 Å². The van der Waals surface area contributed by atoms with Gasteiger partial charge in [0.1, 0.15) is 0 Å². The molecule has 14 heavy (non-hydrogen) atoms. The third-order valence-corrected chi connectivity index (χ3v) is 2.40. The molecule has 2 rings (SSSR count). The second-order valence-electron chi connectivity index (χ2n) is 3.26. The second kappa shape index (κ2) is 3.36. The average molecular weight is 197 g/mol. The van der Waals surface area contributed by atoms with Crippen LogP contribution >= 0.6 is 0 Å². The fourth-order valence-electron chi connectivity index (χ4n) is 1.51. The number of anilines is 1. The molecule has 1 saturated heterocycles. The van der Waals surface area contributed by atoms with E-state index in [-0.39, 0.29) is 11.3 Å². The van der Waals surface area contributed by atoms with Crippen LogP contribution in [-0.4, -0.2) is 19.4 Å². The van der Waals surface area contributed by atoms with Crippen molar-refractivity contribution in [1.82, 2.24) is 0 Å². The lowest BCUT2D eigenvalue weighted by Crippen LogP contribution is -2.38. The minimum atomic E-state index is -0.922. The standard InChI is InChI=1S/C10H9F2NO/c11-8-3-2-7(6-14)10(9(8)12)13-4-1-5-13/h2-3,6H,1,4-5H2. The van der Waals surface area contributed by atoms with E-state index in [1.807, 2.05) is 0 Å². The van der Waals surface area contributed by atoms with Crippen LogP contribution in [-0.2, 0) is 0 Å². The van der Waals surface area contributed by atoms with Gasteiger partial charge in [0, 0.05) is 18.7 Å². The van der Waals surface area contributed by atoms with Crippen molar-refractivity contribution in [1.29, 1.82) is 0 Å². The molecule has 0 saturated carbocycles. The predicted octanol–water partition coefficient (Wildman–Crippen LogP) is 1.99. The SMILES string of the molecule is O=Cc1ccc(F)c(F)c1N1CCC1. The summed E-state index contributed by atoms with van der Waals surface area (Å²) < 4.78 is 26.2. The van der Waals surface area contributed by atoms with E-state index in [0.29, 0.717) is 19.4 Å². The van der Waals surface area contributed by atoms with E-state index in [1.165, 1.54) is 6.07 Å². The minimum absolute atomic E-state index is 0.103. The first-order valence-corrected chi connectivity index (χ1v) is 4.42. The molecule has 0 bridgehead atoms. The Morgan fingerprint density at radius 2 is 2.00 bits per heavy atom. The first-order valence-electron chi connectivity index (χ1n) is 4.42. The van der Waals surface area contributed by atoms with Gasteiger partial charge in [0.25, 0.3) is 0 Å². The molecule has 0 amide bonds. The van der Waals surface area contributed by atoms with Gasteiger partial charge in [-0.1, -0.05) is 0 Å². The Labute approximate surface area is 80.1 Å². The first kappa shape index (κ1) is 9.12. The maximum atomic E-state index is 13.3. The van der Waals surface area contributed by atoms with E-state index in [4.69, 9.17) is 0 Å². The monoisotopic (exact) mass is 197 g/mol. The van der Waals surface area contributed by atoms with Gasteiger partial charge in [-0.15, -0.1) is 0 Å². The van der Waals surface area contributed by atoms with Crippen LogP contribution < -0.4 is 4.90 Å². The molecule has 0 aromatic heterocycles. The highest BCUT2D eigenvalue weighted by Gasteiger charge is 2.23. The molecule has 0 atom stereocenters. The second-order valence-corrected chi connectivity index (χ2v) is 3.26. The quantitative estimate of drug-likeness (QED) is 0.676. The van der Waals surface area contributed by atoms with Gasteiger partial charge < -0.3 is 4.90 Å². The van der Waals surface area contributed by atoms with Crippen molar-refractivity contribution < 1.29 is 13.6 Å². The van der Waals surface area contributed by atoms with Crippen LogP contribution in [0.2, 0.25) is 0 Å². The predicted molar refractivity (Wildman–Crippen MR) is 48.6 cm³/mol. The average Bonchev–Trinajstić information content (AvgIpc) is 2.10. The summed E-state index contributed by atoms with van der Waals surface area (Å²) in [6.45, 7) is 1.36. The fraction of sp³-hybridized carbons (Fsp3) is 0.300. The molecule has 74 valence electrons. The Kier molecular flexibility index (Phi) is 2.19. The number of rotatable bonds is 2. The van der Waals surface area contributed by atoms with Crippen LogP contribution in [0.25, 0.3) is 0 Å². The molecular formula is C10H9F2NO.